The average Bonchev–Trinajstić information content (AvgIpc) is 2.71. The van der Waals surface area contributed by atoms with E-state index in [9.17, 15) is 9.18 Å². The highest BCUT2D eigenvalue weighted by atomic mass is 19.1. The van der Waals surface area contributed by atoms with Crippen LogP contribution in [0.15, 0.2) is 30.6 Å². The zero-order valence-electron chi connectivity index (χ0n) is 7.57. The molecule has 76 valence electrons. The number of amides is 1. The number of hydrogen-bond donors (Lipinski definition) is 2. The Morgan fingerprint density at radius 1 is 1.40 bits per heavy atom. The molecule has 2 rings (SSSR count). The molecule has 1 heterocycles. The van der Waals surface area contributed by atoms with Gasteiger partial charge in [0.1, 0.15) is 12.1 Å². The molecule has 0 aliphatic heterocycles. The van der Waals surface area contributed by atoms with Gasteiger partial charge < -0.3 is 0 Å². The van der Waals surface area contributed by atoms with E-state index in [0.29, 0.717) is 0 Å². The number of benzene rings is 1. The van der Waals surface area contributed by atoms with Crippen LogP contribution in [0.5, 0.6) is 0 Å². The third-order valence-corrected chi connectivity index (χ3v) is 1.77. The first kappa shape index (κ1) is 9.32. The Morgan fingerprint density at radius 3 is 2.87 bits per heavy atom. The minimum atomic E-state index is -0.575. The maximum Gasteiger partial charge on any atom is 0.260 e. The summed E-state index contributed by atoms with van der Waals surface area (Å²) in [5, 5.41) is 8.36. The number of H-pyrrole nitrogens is 1. The molecule has 2 N–H and O–H groups in total. The molecule has 5 nitrogen and oxygen atoms in total. The molecule has 0 aliphatic carbocycles. The maximum absolute atomic E-state index is 13.2. The van der Waals surface area contributed by atoms with Crippen LogP contribution in [0.4, 0.5) is 10.3 Å². The van der Waals surface area contributed by atoms with Gasteiger partial charge in [-0.1, -0.05) is 12.1 Å². The second-order valence-corrected chi connectivity index (χ2v) is 2.77. The fourth-order valence-electron chi connectivity index (χ4n) is 1.09. The number of carbonyl (C=O) groups is 1. The van der Waals surface area contributed by atoms with Crippen molar-refractivity contribution in [3.05, 3.63) is 42.0 Å². The van der Waals surface area contributed by atoms with E-state index in [4.69, 9.17) is 0 Å². The van der Waals surface area contributed by atoms with E-state index in [0.717, 1.165) is 0 Å². The number of halogens is 1. The van der Waals surface area contributed by atoms with Crippen molar-refractivity contribution in [3.8, 4) is 0 Å². The molecular weight excluding hydrogens is 199 g/mol. The van der Waals surface area contributed by atoms with Gasteiger partial charge in [0, 0.05) is 0 Å². The van der Waals surface area contributed by atoms with Gasteiger partial charge >= 0.3 is 0 Å². The monoisotopic (exact) mass is 206 g/mol. The van der Waals surface area contributed by atoms with Gasteiger partial charge in [0.2, 0.25) is 5.95 Å². The van der Waals surface area contributed by atoms with Gasteiger partial charge in [0.15, 0.2) is 0 Å². The SMILES string of the molecule is O=C(Nc1ncn[nH]1)c1ccccc1F. The smallest absolute Gasteiger partial charge is 0.260 e. The number of hydrogen-bond acceptors (Lipinski definition) is 3. The zero-order valence-corrected chi connectivity index (χ0v) is 7.57. The number of nitrogens with zero attached hydrogens (tertiary/aromatic N) is 2. The molecule has 0 saturated carbocycles. The Bertz CT molecular complexity index is 469. The molecule has 1 amide bonds. The lowest BCUT2D eigenvalue weighted by Crippen LogP contribution is -2.14. The largest absolute Gasteiger partial charge is 0.291 e. The Morgan fingerprint density at radius 2 is 2.20 bits per heavy atom. The Balaban J connectivity index is 2.19. The number of carbonyl (C=O) groups excluding carboxylic acids is 1. The van der Waals surface area contributed by atoms with E-state index in [1.165, 1.54) is 24.5 Å². The summed E-state index contributed by atoms with van der Waals surface area (Å²) in [4.78, 5) is 15.2. The van der Waals surface area contributed by atoms with Crippen LogP contribution in [-0.4, -0.2) is 21.1 Å². The fraction of sp³-hybridized carbons (Fsp3) is 0. The van der Waals surface area contributed by atoms with Crippen LogP contribution < -0.4 is 5.32 Å². The number of rotatable bonds is 2. The molecule has 0 bridgehead atoms. The highest BCUT2D eigenvalue weighted by molar-refractivity contribution is 6.03. The third kappa shape index (κ3) is 1.98. The quantitative estimate of drug-likeness (QED) is 0.775. The summed E-state index contributed by atoms with van der Waals surface area (Å²) in [6.07, 6.45) is 1.25. The lowest BCUT2D eigenvalue weighted by atomic mass is 10.2. The van der Waals surface area contributed by atoms with Gasteiger partial charge in [0.25, 0.3) is 5.91 Å². The van der Waals surface area contributed by atoms with Gasteiger partial charge in [0.05, 0.1) is 5.56 Å². The van der Waals surface area contributed by atoms with Gasteiger partial charge in [-0.3, -0.25) is 10.1 Å². The van der Waals surface area contributed by atoms with E-state index in [1.54, 1.807) is 6.07 Å². The summed E-state index contributed by atoms with van der Waals surface area (Å²) in [5.41, 5.74) is -0.0334. The predicted molar refractivity (Wildman–Crippen MR) is 50.7 cm³/mol. The molecule has 0 atom stereocenters. The molecule has 0 radical (unpaired) electrons. The predicted octanol–water partition coefficient (Wildman–Crippen LogP) is 1.20. The fourth-order valence-corrected chi connectivity index (χ4v) is 1.09. The van der Waals surface area contributed by atoms with E-state index in [1.807, 2.05) is 0 Å². The first-order valence-corrected chi connectivity index (χ1v) is 4.18. The van der Waals surface area contributed by atoms with Crippen molar-refractivity contribution in [2.45, 2.75) is 0 Å². The van der Waals surface area contributed by atoms with Gasteiger partial charge in [-0.15, -0.1) is 0 Å². The lowest BCUT2D eigenvalue weighted by Gasteiger charge is -2.01. The van der Waals surface area contributed by atoms with Crippen LogP contribution in [0.2, 0.25) is 0 Å². The summed E-state index contributed by atoms with van der Waals surface area (Å²) in [6.45, 7) is 0. The van der Waals surface area contributed by atoms with Crippen molar-refractivity contribution in [1.29, 1.82) is 0 Å². The summed E-state index contributed by atoms with van der Waals surface area (Å²) in [7, 11) is 0. The molecule has 0 spiro atoms. The van der Waals surface area contributed by atoms with Crippen LogP contribution in [-0.2, 0) is 0 Å². The van der Waals surface area contributed by atoms with E-state index < -0.39 is 11.7 Å². The van der Waals surface area contributed by atoms with Crippen LogP contribution in [0, 0.1) is 5.82 Å². The summed E-state index contributed by atoms with van der Waals surface area (Å²) in [5.74, 6) is -0.956. The first-order valence-electron chi connectivity index (χ1n) is 4.18. The molecular formula is C9H7FN4O. The van der Waals surface area contributed by atoms with E-state index in [2.05, 4.69) is 20.5 Å². The summed E-state index contributed by atoms with van der Waals surface area (Å²) >= 11 is 0. The molecule has 15 heavy (non-hydrogen) atoms. The van der Waals surface area contributed by atoms with Gasteiger partial charge in [-0.05, 0) is 12.1 Å². The van der Waals surface area contributed by atoms with Crippen LogP contribution in [0.3, 0.4) is 0 Å². The van der Waals surface area contributed by atoms with Crippen molar-refractivity contribution in [1.82, 2.24) is 15.2 Å². The molecule has 2 aromatic rings. The number of anilines is 1. The standard InChI is InChI=1S/C9H7FN4O/c10-7-4-2-1-3-6(7)8(15)13-9-11-5-12-14-9/h1-5H,(H2,11,12,13,14,15). The molecule has 6 heteroatoms. The van der Waals surface area contributed by atoms with Crippen molar-refractivity contribution in [2.75, 3.05) is 5.32 Å². The maximum atomic E-state index is 13.2. The van der Waals surface area contributed by atoms with Gasteiger partial charge in [-0.25, -0.2) is 9.49 Å². The minimum absolute atomic E-state index is 0.0334. The van der Waals surface area contributed by atoms with Gasteiger partial charge in [-0.2, -0.15) is 10.1 Å². The Labute approximate surface area is 84.3 Å². The van der Waals surface area contributed by atoms with Crippen molar-refractivity contribution in [2.24, 2.45) is 0 Å². The van der Waals surface area contributed by atoms with Crippen molar-refractivity contribution < 1.29 is 9.18 Å². The molecule has 0 unspecified atom stereocenters. The molecule has 0 fully saturated rings. The van der Waals surface area contributed by atoms with E-state index in [-0.39, 0.29) is 11.5 Å². The van der Waals surface area contributed by atoms with Crippen LogP contribution >= 0.6 is 0 Å². The highest BCUT2D eigenvalue weighted by Crippen LogP contribution is 2.07. The zero-order chi connectivity index (χ0) is 10.7. The molecule has 1 aromatic carbocycles. The summed E-state index contributed by atoms with van der Waals surface area (Å²) in [6, 6.07) is 5.70. The summed E-state index contributed by atoms with van der Waals surface area (Å²) < 4.78 is 13.2. The topological polar surface area (TPSA) is 70.7 Å². The van der Waals surface area contributed by atoms with Crippen molar-refractivity contribution in [3.63, 3.8) is 0 Å². The number of aromatic amines is 1. The average molecular weight is 206 g/mol. The number of aromatic nitrogens is 3. The van der Waals surface area contributed by atoms with Crippen LogP contribution in [0.25, 0.3) is 0 Å². The Kier molecular flexibility index (Phi) is 2.40. The highest BCUT2D eigenvalue weighted by Gasteiger charge is 2.11. The lowest BCUT2D eigenvalue weighted by molar-refractivity contribution is 0.102. The second-order valence-electron chi connectivity index (χ2n) is 2.77. The molecule has 0 saturated heterocycles. The van der Waals surface area contributed by atoms with Crippen LogP contribution in [0.1, 0.15) is 10.4 Å². The van der Waals surface area contributed by atoms with E-state index >= 15 is 0 Å². The first-order chi connectivity index (χ1) is 7.27. The molecule has 0 aliphatic rings. The second kappa shape index (κ2) is 3.87. The van der Waals surface area contributed by atoms with Crippen molar-refractivity contribution >= 4 is 11.9 Å². The normalized spacial score (nSPS) is 9.93. The minimum Gasteiger partial charge on any atom is -0.291 e. The number of nitrogens with one attached hydrogen (secondary N) is 2. The third-order valence-electron chi connectivity index (χ3n) is 1.77. The Hall–Kier alpha value is -2.24. The molecule has 1 aromatic heterocycles.